The lowest BCUT2D eigenvalue weighted by Gasteiger charge is -2.27. The summed E-state index contributed by atoms with van der Waals surface area (Å²) < 4.78 is 0. The molecule has 5 rings (SSSR count). The van der Waals surface area contributed by atoms with Crippen LogP contribution in [0.2, 0.25) is 0 Å². The van der Waals surface area contributed by atoms with Gasteiger partial charge in [-0.2, -0.15) is 0 Å². The van der Waals surface area contributed by atoms with E-state index in [0.717, 1.165) is 39.0 Å². The van der Waals surface area contributed by atoms with Crippen molar-refractivity contribution in [1.82, 2.24) is 84.4 Å². The topological polar surface area (TPSA) is 678 Å². The molecule has 1 fully saturated rings. The molecular formula is C71H98N18O24. The number of hydrogen-bond donors (Lipinski definition) is 23. The number of primary amides is 1. The number of amides is 15. The molecule has 42 heteroatoms. The maximum absolute atomic E-state index is 14.8. The van der Waals surface area contributed by atoms with Gasteiger partial charge in [0.25, 0.3) is 0 Å². The number of aliphatic carboxylic acids is 4. The van der Waals surface area contributed by atoms with Gasteiger partial charge in [-0.1, -0.05) is 81.8 Å². The van der Waals surface area contributed by atoms with E-state index in [0.29, 0.717) is 45.8 Å². The lowest BCUT2D eigenvalue weighted by atomic mass is 10.0. The van der Waals surface area contributed by atoms with Crippen LogP contribution < -0.4 is 85.9 Å². The number of nitrogens with one attached hydrogen (secondary N) is 16. The second-order valence-electron chi connectivity index (χ2n) is 26.7. The van der Waals surface area contributed by atoms with E-state index in [9.17, 15) is 117 Å². The van der Waals surface area contributed by atoms with E-state index in [4.69, 9.17) is 11.5 Å². The number of nitrogens with two attached hydrogens (primary N) is 2. The number of para-hydroxylation sites is 2. The monoisotopic (exact) mass is 1590 g/mol. The molecule has 42 nitrogen and oxygen atoms in total. The molecule has 2 aromatic heterocycles. The van der Waals surface area contributed by atoms with Crippen molar-refractivity contribution in [3.63, 3.8) is 0 Å². The van der Waals surface area contributed by atoms with Gasteiger partial charge < -0.3 is 121 Å². The lowest BCUT2D eigenvalue weighted by molar-refractivity contribution is -0.142. The number of carbonyl (C=O) groups is 19. The molecule has 3 heterocycles. The number of aromatic nitrogens is 2. The summed E-state index contributed by atoms with van der Waals surface area (Å²) >= 11 is 0. The Morgan fingerprint density at radius 3 is 1.54 bits per heavy atom. The molecule has 0 spiro atoms. The van der Waals surface area contributed by atoms with Gasteiger partial charge in [0.2, 0.25) is 88.6 Å². The molecule has 25 N–H and O–H groups in total. The molecule has 0 saturated carbocycles. The van der Waals surface area contributed by atoms with Crippen LogP contribution in [-0.4, -0.2) is 247 Å². The van der Waals surface area contributed by atoms with Gasteiger partial charge in [0.1, 0.15) is 66.5 Å². The fraction of sp³-hybridized carbons (Fsp3) is 0.507. The van der Waals surface area contributed by atoms with Crippen LogP contribution in [0.15, 0.2) is 60.9 Å². The maximum Gasteiger partial charge on any atom is 0.305 e. The third-order valence-electron chi connectivity index (χ3n) is 17.7. The van der Waals surface area contributed by atoms with Crippen molar-refractivity contribution < 1.29 is 117 Å². The summed E-state index contributed by atoms with van der Waals surface area (Å²) in [5.74, 6) is -25.6. The molecule has 11 atom stereocenters. The van der Waals surface area contributed by atoms with E-state index in [1.807, 2.05) is 10.6 Å². The van der Waals surface area contributed by atoms with Gasteiger partial charge >= 0.3 is 23.9 Å². The molecule has 1 aliphatic rings. The minimum Gasteiger partial charge on any atom is -0.481 e. The third kappa shape index (κ3) is 31.0. The number of carboxylic acids is 4. The molecule has 0 bridgehead atoms. The number of carboxylic acid groups (broad SMARTS) is 4. The van der Waals surface area contributed by atoms with Crippen LogP contribution in [0.1, 0.15) is 128 Å². The summed E-state index contributed by atoms with van der Waals surface area (Å²) in [7, 11) is 0. The largest absolute Gasteiger partial charge is 0.481 e. The zero-order chi connectivity index (χ0) is 83.4. The average molecular weight is 1590 g/mol. The number of aliphatic hydroxyl groups excluding tert-OH is 1. The first-order chi connectivity index (χ1) is 53.7. The number of H-pyrrole nitrogens is 2. The number of unbranched alkanes of at least 4 members (excludes halogenated alkanes) is 6. The first-order valence-corrected chi connectivity index (χ1v) is 36.4. The minimum absolute atomic E-state index is 0.00327. The van der Waals surface area contributed by atoms with E-state index in [-0.39, 0.29) is 32.2 Å². The van der Waals surface area contributed by atoms with E-state index in [2.05, 4.69) is 80.7 Å². The summed E-state index contributed by atoms with van der Waals surface area (Å²) in [5, 5.41) is 82.0. The number of carbonyl (C=O) groups excluding carboxylic acids is 15. The highest BCUT2D eigenvalue weighted by atomic mass is 16.4. The molecule has 0 unspecified atom stereocenters. The van der Waals surface area contributed by atoms with Gasteiger partial charge in [0, 0.05) is 66.4 Å². The van der Waals surface area contributed by atoms with Crippen LogP contribution >= 0.6 is 0 Å². The van der Waals surface area contributed by atoms with Crippen LogP contribution in [0.5, 0.6) is 0 Å². The number of hydrogen-bond acceptors (Lipinski definition) is 21. The van der Waals surface area contributed by atoms with Crippen molar-refractivity contribution in [3.05, 3.63) is 72.1 Å². The summed E-state index contributed by atoms with van der Waals surface area (Å²) in [4.78, 5) is 264. The molecule has 616 valence electrons. The lowest BCUT2D eigenvalue weighted by Crippen LogP contribution is -2.61. The standard InChI is InChI=1S/C71H98N18O24/c1-3-4-5-6-7-8-9-20-54(92)81-46(25-38-31-75-42-18-13-11-16-40(38)42)68(110)86-47(26-53(73)91)69(111)88-50(29-60(101)102)70(112)89-51-32-76-62(104)45(24-37-30-74-41-17-12-10-15-39(37)41)85-66(108)44(21-22-57(95)96)83-71(113)52(35-90)82-56(94)34-77-63(105)48(27-58(97)98)84-61(103)36(2)79-67(109)49(28-59(99)100)87-65(107)43(19-14-23-72)80-55(93)33-78-64(51)106/h10-13,15-18,30-31,36,43-52,74-75,90H,3-9,14,19-29,32-35,72H2,1-2H3,(H2,73,91)(H,76,104)(H,77,105)(H,78,106)(H,79,109)(H,80,93)(H,81,92)(H,82,94)(H,83,113)(H,84,103)(H,85,108)(H,86,110)(H,87,107)(H,88,111)(H,89,112)(H,95,96)(H,97,98)(H,99,100)(H,101,102)/t36-,43+,44+,45-,46+,47+,48+,49+,50+,51+,52-/m1/s1. The average Bonchev–Trinajstić information content (AvgIpc) is 1.70. The summed E-state index contributed by atoms with van der Waals surface area (Å²) in [5.41, 5.74) is 13.3. The van der Waals surface area contributed by atoms with E-state index in [1.165, 1.54) is 6.20 Å². The van der Waals surface area contributed by atoms with E-state index in [1.54, 1.807) is 54.7 Å². The number of rotatable bonds is 34. The normalized spacial score (nSPS) is 20.5. The molecule has 2 aromatic carbocycles. The van der Waals surface area contributed by atoms with Crippen molar-refractivity contribution in [2.24, 2.45) is 11.5 Å². The van der Waals surface area contributed by atoms with E-state index >= 15 is 0 Å². The molecule has 113 heavy (non-hydrogen) atoms. The summed E-state index contributed by atoms with van der Waals surface area (Å²) in [6.45, 7) is -1.70. The van der Waals surface area contributed by atoms with Crippen molar-refractivity contribution in [3.8, 4) is 0 Å². The number of benzene rings is 2. The molecule has 1 saturated heterocycles. The maximum atomic E-state index is 14.8. The highest BCUT2D eigenvalue weighted by Crippen LogP contribution is 2.22. The van der Waals surface area contributed by atoms with Crippen LogP contribution in [-0.2, 0) is 104 Å². The zero-order valence-corrected chi connectivity index (χ0v) is 62.0. The summed E-state index contributed by atoms with van der Waals surface area (Å²) in [6.07, 6.45) is 1.73. The SMILES string of the molecule is CCCCCCCCCC(=O)N[C@@H](Cc1c[nH]c2ccccc12)C(=O)N[C@@H](CC(N)=O)C(=O)N[C@@H](CC(=O)O)C(=O)N[C@H]1CNC(=O)[C@@H](Cc2c[nH]c3ccccc23)NC(=O)[C@H](CCC(=O)O)NC(=O)[C@@H](CO)NC(=O)CNC(=O)[C@H](CC(=O)O)NC(=O)[C@@H](C)NC(=O)[C@H](CC(=O)O)NC(=O)[C@H](CCCN)NC(=O)CNC1=O. The van der Waals surface area contributed by atoms with Crippen molar-refractivity contribution in [2.75, 3.05) is 32.8 Å². The highest BCUT2D eigenvalue weighted by Gasteiger charge is 2.38. The van der Waals surface area contributed by atoms with Crippen LogP contribution in [0.25, 0.3) is 21.8 Å². The Labute approximate surface area is 645 Å². The molecule has 15 amide bonds. The predicted octanol–water partition coefficient (Wildman–Crippen LogP) is -5.81. The first kappa shape index (κ1) is 91.0. The molecular weight excluding hydrogens is 1490 g/mol. The first-order valence-electron chi connectivity index (χ1n) is 36.4. The Balaban J connectivity index is 1.56. The Morgan fingerprint density at radius 2 is 0.965 bits per heavy atom. The molecule has 0 radical (unpaired) electrons. The second kappa shape index (κ2) is 46.1. The van der Waals surface area contributed by atoms with Gasteiger partial charge in [0.05, 0.1) is 45.4 Å². The second-order valence-corrected chi connectivity index (χ2v) is 26.7. The predicted molar refractivity (Wildman–Crippen MR) is 395 cm³/mol. The number of aromatic amines is 2. The van der Waals surface area contributed by atoms with Crippen molar-refractivity contribution in [1.29, 1.82) is 0 Å². The zero-order valence-electron chi connectivity index (χ0n) is 62.0. The number of fused-ring (bicyclic) bond motifs is 2. The van der Waals surface area contributed by atoms with Crippen LogP contribution in [0.3, 0.4) is 0 Å². The third-order valence-corrected chi connectivity index (χ3v) is 17.7. The van der Waals surface area contributed by atoms with Gasteiger partial charge in [-0.15, -0.1) is 0 Å². The van der Waals surface area contributed by atoms with Crippen LogP contribution in [0.4, 0.5) is 0 Å². The Hall–Kier alpha value is -12.6. The smallest absolute Gasteiger partial charge is 0.305 e. The Bertz CT molecular complexity index is 4110. The quantitative estimate of drug-likeness (QED) is 0.0194. The molecule has 1 aliphatic heterocycles. The fourth-order valence-corrected chi connectivity index (χ4v) is 11.8. The fourth-order valence-electron chi connectivity index (χ4n) is 11.8. The Kier molecular flexibility index (Phi) is 37.1. The van der Waals surface area contributed by atoms with Gasteiger partial charge in [0.15, 0.2) is 0 Å². The highest BCUT2D eigenvalue weighted by molar-refractivity contribution is 6.02. The van der Waals surface area contributed by atoms with Crippen molar-refractivity contribution in [2.45, 2.75) is 196 Å². The minimum atomic E-state index is -2.29. The summed E-state index contributed by atoms with van der Waals surface area (Å²) in [6, 6.07) is -7.86. The molecule has 4 aromatic rings. The van der Waals surface area contributed by atoms with Crippen LogP contribution in [0, 0.1) is 0 Å². The number of aliphatic hydroxyl groups is 1. The molecule has 0 aliphatic carbocycles. The van der Waals surface area contributed by atoms with Crippen molar-refractivity contribution >= 4 is 134 Å². The Morgan fingerprint density at radius 1 is 0.478 bits per heavy atom. The van der Waals surface area contributed by atoms with E-state index < -0.39 is 250 Å². The van der Waals surface area contributed by atoms with Gasteiger partial charge in [-0.25, -0.2) is 0 Å². The van der Waals surface area contributed by atoms with Gasteiger partial charge in [-0.3, -0.25) is 91.1 Å². The van der Waals surface area contributed by atoms with Gasteiger partial charge in [-0.05, 0) is 62.4 Å².